The number of benzene rings is 12. The van der Waals surface area contributed by atoms with Crippen LogP contribution in [-0.2, 0) is 10.8 Å². The molecule has 0 atom stereocenters. The summed E-state index contributed by atoms with van der Waals surface area (Å²) in [6.07, 6.45) is 0. The van der Waals surface area contributed by atoms with Gasteiger partial charge in [0.1, 0.15) is 0 Å². The van der Waals surface area contributed by atoms with Crippen LogP contribution < -0.4 is 0 Å². The van der Waals surface area contributed by atoms with E-state index in [2.05, 4.69) is 310 Å². The van der Waals surface area contributed by atoms with E-state index in [4.69, 9.17) is 15.0 Å². The van der Waals surface area contributed by atoms with Crippen LogP contribution in [0.25, 0.3) is 145 Å². The quantitative estimate of drug-likeness (QED) is 0.152. The molecule has 0 spiro atoms. The van der Waals surface area contributed by atoms with Gasteiger partial charge in [-0.2, -0.15) is 0 Å². The number of rotatable bonds is 8. The van der Waals surface area contributed by atoms with Gasteiger partial charge in [-0.05, 0) is 151 Å². The SMILES string of the molecule is CC1(C)c2ccccc2-c2ccc(-c3ccc4c(c3)c3ccccc3n4-c3cccc(-c4nc(-c5cccc(-n6c7ccccc7c7cc(-c8ccc9c(c8)C(C)(C)c8ccccc8-9)ccc76)c5)nc(-c5ccccc5-c5ccccc5)n4)c3)cc21. The van der Waals surface area contributed by atoms with Crippen molar-refractivity contribution >= 4 is 43.6 Å². The zero-order chi connectivity index (χ0) is 57.4. The molecule has 5 nitrogen and oxygen atoms in total. The third-order valence-corrected chi connectivity index (χ3v) is 18.8. The largest absolute Gasteiger partial charge is 0.309 e. The Morgan fingerprint density at radius 3 is 1.12 bits per heavy atom. The van der Waals surface area contributed by atoms with E-state index in [1.54, 1.807) is 0 Å². The molecule has 406 valence electrons. The maximum atomic E-state index is 5.44. The van der Waals surface area contributed by atoms with E-state index >= 15 is 0 Å². The lowest BCUT2D eigenvalue weighted by atomic mass is 9.81. The predicted octanol–water partition coefficient (Wildman–Crippen LogP) is 20.7. The van der Waals surface area contributed by atoms with Crippen molar-refractivity contribution in [3.63, 3.8) is 0 Å². The first-order valence-corrected chi connectivity index (χ1v) is 29.8. The van der Waals surface area contributed by atoms with E-state index in [9.17, 15) is 0 Å². The van der Waals surface area contributed by atoms with Crippen LogP contribution in [0.2, 0.25) is 0 Å². The summed E-state index contributed by atoms with van der Waals surface area (Å²) in [4.78, 5) is 16.3. The van der Waals surface area contributed by atoms with E-state index in [0.29, 0.717) is 17.5 Å². The number of hydrogen-bond donors (Lipinski definition) is 0. The average Bonchev–Trinajstić information content (AvgIpc) is 1.85. The molecule has 0 radical (unpaired) electrons. The van der Waals surface area contributed by atoms with Crippen LogP contribution in [0.1, 0.15) is 49.9 Å². The topological polar surface area (TPSA) is 48.5 Å². The second-order valence-corrected chi connectivity index (χ2v) is 24.3. The van der Waals surface area contributed by atoms with Crippen LogP contribution in [0.3, 0.4) is 0 Å². The maximum absolute atomic E-state index is 5.44. The van der Waals surface area contributed by atoms with Crippen molar-refractivity contribution in [1.29, 1.82) is 0 Å². The standard InChI is InChI=1S/C81H57N5/c1-80(2)69-32-14-10-27-60(69)62-40-36-53(48-71(62)80)51-38-42-75-67(46-51)64-29-12-16-34-73(64)85(75)57-24-18-22-55(44-57)77-82-78(84-79(83-77)66-31-9-8-26-59(66)50-20-6-5-7-21-50)56-23-19-25-58(45-56)86-74-35-17-13-30-65(74)68-47-52(39-43-76(68)86)54-37-41-63-61-28-11-15-33-70(61)81(3,4)72(63)49-54/h5-49H,1-4H3. The summed E-state index contributed by atoms with van der Waals surface area (Å²) < 4.78 is 4.77. The number of aromatic nitrogens is 5. The summed E-state index contributed by atoms with van der Waals surface area (Å²) in [5.41, 5.74) is 26.9. The van der Waals surface area contributed by atoms with Crippen molar-refractivity contribution in [2.45, 2.75) is 38.5 Å². The molecule has 0 bridgehead atoms. The molecule has 3 heterocycles. The van der Waals surface area contributed by atoms with Crippen LogP contribution in [0.5, 0.6) is 0 Å². The molecule has 0 saturated heterocycles. The van der Waals surface area contributed by atoms with Gasteiger partial charge >= 0.3 is 0 Å². The number of hydrogen-bond acceptors (Lipinski definition) is 3. The molecular weight excluding hydrogens is 1040 g/mol. The molecule has 86 heavy (non-hydrogen) atoms. The van der Waals surface area contributed by atoms with Gasteiger partial charge in [0.2, 0.25) is 0 Å². The van der Waals surface area contributed by atoms with Crippen LogP contribution >= 0.6 is 0 Å². The van der Waals surface area contributed by atoms with Crippen molar-refractivity contribution in [1.82, 2.24) is 24.1 Å². The summed E-state index contributed by atoms with van der Waals surface area (Å²) in [6.45, 7) is 9.40. The van der Waals surface area contributed by atoms with Gasteiger partial charge in [-0.25, -0.2) is 15.0 Å². The summed E-state index contributed by atoms with van der Waals surface area (Å²) in [6, 6.07) is 99.5. The first-order chi connectivity index (χ1) is 42.1. The Morgan fingerprint density at radius 2 is 0.605 bits per heavy atom. The Labute approximate surface area is 499 Å². The molecular formula is C81H57N5. The highest BCUT2D eigenvalue weighted by Crippen LogP contribution is 2.52. The summed E-state index contributed by atoms with van der Waals surface area (Å²) >= 11 is 0. The van der Waals surface area contributed by atoms with Crippen molar-refractivity contribution in [2.75, 3.05) is 0 Å². The molecule has 0 N–H and O–H groups in total. The van der Waals surface area contributed by atoms with Gasteiger partial charge in [-0.15, -0.1) is 0 Å². The van der Waals surface area contributed by atoms with E-state index in [1.165, 1.54) is 88.3 Å². The zero-order valence-electron chi connectivity index (χ0n) is 48.2. The molecule has 17 rings (SSSR count). The van der Waals surface area contributed by atoms with Gasteiger partial charge in [0.15, 0.2) is 17.5 Å². The molecule has 0 saturated carbocycles. The molecule has 0 amide bonds. The Kier molecular flexibility index (Phi) is 10.9. The minimum Gasteiger partial charge on any atom is -0.309 e. The lowest BCUT2D eigenvalue weighted by Crippen LogP contribution is -2.14. The van der Waals surface area contributed by atoms with Crippen molar-refractivity contribution in [2.24, 2.45) is 0 Å². The fraction of sp³-hybridized carbons (Fsp3) is 0.0741. The Bertz CT molecular complexity index is 5020. The van der Waals surface area contributed by atoms with Crippen LogP contribution in [0.4, 0.5) is 0 Å². The lowest BCUT2D eigenvalue weighted by molar-refractivity contribution is 0.660. The van der Waals surface area contributed by atoms with Crippen molar-refractivity contribution in [3.8, 4) is 101 Å². The fourth-order valence-electron chi connectivity index (χ4n) is 14.5. The summed E-state index contributed by atoms with van der Waals surface area (Å²) in [5.74, 6) is 1.79. The molecule has 0 unspecified atom stereocenters. The van der Waals surface area contributed by atoms with Gasteiger partial charge in [0.25, 0.3) is 0 Å². The lowest BCUT2D eigenvalue weighted by Gasteiger charge is -2.22. The Morgan fingerprint density at radius 1 is 0.233 bits per heavy atom. The molecule has 0 fully saturated rings. The molecule has 12 aromatic carbocycles. The number of para-hydroxylation sites is 2. The summed E-state index contributed by atoms with van der Waals surface area (Å²) in [7, 11) is 0. The van der Waals surface area contributed by atoms with E-state index in [-0.39, 0.29) is 10.8 Å². The van der Waals surface area contributed by atoms with Crippen molar-refractivity contribution in [3.05, 3.63) is 295 Å². The first-order valence-electron chi connectivity index (χ1n) is 29.8. The van der Waals surface area contributed by atoms with Crippen molar-refractivity contribution < 1.29 is 0 Å². The van der Waals surface area contributed by atoms with Gasteiger partial charge in [-0.1, -0.05) is 228 Å². The summed E-state index contributed by atoms with van der Waals surface area (Å²) in [5, 5.41) is 4.80. The fourth-order valence-corrected chi connectivity index (χ4v) is 14.5. The second kappa shape index (κ2) is 18.9. The molecule has 3 aromatic heterocycles. The predicted molar refractivity (Wildman–Crippen MR) is 356 cm³/mol. The zero-order valence-corrected chi connectivity index (χ0v) is 48.2. The third-order valence-electron chi connectivity index (χ3n) is 18.8. The van der Waals surface area contributed by atoms with E-state index in [0.717, 1.165) is 61.3 Å². The van der Waals surface area contributed by atoms with E-state index in [1.807, 2.05) is 0 Å². The third kappa shape index (κ3) is 7.60. The Balaban J connectivity index is 0.784. The van der Waals surface area contributed by atoms with Crippen LogP contribution in [0.15, 0.2) is 273 Å². The molecule has 5 heteroatoms. The molecule has 2 aliphatic carbocycles. The highest BCUT2D eigenvalue weighted by Gasteiger charge is 2.37. The highest BCUT2D eigenvalue weighted by atomic mass is 15.0. The normalized spacial score (nSPS) is 13.5. The molecule has 0 aliphatic heterocycles. The monoisotopic (exact) mass is 1100 g/mol. The molecule has 15 aromatic rings. The smallest absolute Gasteiger partial charge is 0.164 e. The maximum Gasteiger partial charge on any atom is 0.164 e. The number of nitrogens with zero attached hydrogens (tertiary/aromatic N) is 5. The van der Waals surface area contributed by atoms with Gasteiger partial charge < -0.3 is 9.13 Å². The minimum atomic E-state index is -0.0847. The average molecular weight is 1100 g/mol. The Hall–Kier alpha value is -10.8. The second-order valence-electron chi connectivity index (χ2n) is 24.3. The van der Waals surface area contributed by atoms with Gasteiger partial charge in [0, 0.05) is 60.4 Å². The molecule has 2 aliphatic rings. The number of fused-ring (bicyclic) bond motifs is 12. The first kappa shape index (κ1) is 49.8. The van der Waals surface area contributed by atoms with Crippen LogP contribution in [-0.4, -0.2) is 24.1 Å². The highest BCUT2D eigenvalue weighted by molar-refractivity contribution is 6.12. The minimum absolute atomic E-state index is 0.0847. The van der Waals surface area contributed by atoms with Gasteiger partial charge in [-0.3, -0.25) is 0 Å². The van der Waals surface area contributed by atoms with Gasteiger partial charge in [0.05, 0.1) is 22.1 Å². The van der Waals surface area contributed by atoms with E-state index < -0.39 is 0 Å². The van der Waals surface area contributed by atoms with Crippen LogP contribution in [0, 0.1) is 0 Å².